The Morgan fingerprint density at radius 2 is 1.12 bits per heavy atom. The molecule has 0 bridgehead atoms. The average molecular weight is 731 g/mol. The Labute approximate surface area is 321 Å². The fourth-order valence-electron chi connectivity index (χ4n) is 9.69. The molecule has 6 aromatic heterocycles. The summed E-state index contributed by atoms with van der Waals surface area (Å²) in [5.41, 5.74) is 12.7. The normalized spacial score (nSPS) is 12.6. The maximum absolute atomic E-state index is 6.61. The number of para-hydroxylation sites is 2. The number of rotatable bonds is 3. The first kappa shape index (κ1) is 29.1. The minimum absolute atomic E-state index is 0.644. The highest BCUT2D eigenvalue weighted by Gasteiger charge is 2.27. The van der Waals surface area contributed by atoms with Crippen LogP contribution < -0.4 is 0 Å². The molecule has 258 valence electrons. The van der Waals surface area contributed by atoms with Crippen molar-refractivity contribution >= 4 is 113 Å². The van der Waals surface area contributed by atoms with E-state index in [0.29, 0.717) is 5.95 Å². The molecule has 0 unspecified atom stereocenters. The van der Waals surface area contributed by atoms with Crippen LogP contribution in [0.15, 0.2) is 162 Å². The zero-order valence-corrected chi connectivity index (χ0v) is 30.4. The topological polar surface area (TPSA) is 48.3 Å². The van der Waals surface area contributed by atoms with Crippen LogP contribution in [0, 0.1) is 0 Å². The van der Waals surface area contributed by atoms with Gasteiger partial charge in [0.05, 0.1) is 44.2 Å². The molecule has 14 rings (SSSR count). The van der Waals surface area contributed by atoms with Crippen LogP contribution in [-0.4, -0.2) is 18.9 Å². The standard InChI is InChI=1S/C50H26N4OS/c1-4-11-35-33(10-1)48(28-18-16-27(17-19-28)29-20-25-43-34(26-29)31-9-3-6-15-42(31)56-43)52-50(51-35)54-38-14-7-13-37-44(38)45-39(54)22-24-40-46(45)47-41(55-40)23-21-32-30-8-2-5-12-36(30)53(37)49(32)47/h1-26H. The number of nitrogens with zero attached hydrogens (tertiary/aromatic N) is 4. The van der Waals surface area contributed by atoms with E-state index in [4.69, 9.17) is 14.4 Å². The predicted octanol–water partition coefficient (Wildman–Crippen LogP) is 13.8. The van der Waals surface area contributed by atoms with E-state index in [9.17, 15) is 0 Å². The Hall–Kier alpha value is -7.28. The van der Waals surface area contributed by atoms with Crippen molar-refractivity contribution in [3.8, 4) is 28.3 Å². The molecule has 6 heteroatoms. The Kier molecular flexibility index (Phi) is 5.34. The third kappa shape index (κ3) is 3.60. The van der Waals surface area contributed by atoms with Crippen LogP contribution in [0.1, 0.15) is 0 Å². The number of benzene rings is 8. The maximum Gasteiger partial charge on any atom is 0.235 e. The lowest BCUT2D eigenvalue weighted by molar-refractivity contribution is 0.669. The van der Waals surface area contributed by atoms with E-state index < -0.39 is 0 Å². The van der Waals surface area contributed by atoms with Crippen LogP contribution in [0.4, 0.5) is 0 Å². The van der Waals surface area contributed by atoms with Crippen molar-refractivity contribution in [3.63, 3.8) is 0 Å². The molecule has 0 spiro atoms. The summed E-state index contributed by atoms with van der Waals surface area (Å²) < 4.78 is 13.9. The second-order valence-corrected chi connectivity index (χ2v) is 16.0. The van der Waals surface area contributed by atoms with E-state index in [1.165, 1.54) is 63.9 Å². The van der Waals surface area contributed by atoms with E-state index >= 15 is 0 Å². The number of fused-ring (bicyclic) bond motifs is 8. The van der Waals surface area contributed by atoms with Gasteiger partial charge in [0.25, 0.3) is 0 Å². The van der Waals surface area contributed by atoms with Crippen molar-refractivity contribution in [1.82, 2.24) is 18.9 Å². The zero-order chi connectivity index (χ0) is 36.2. The lowest BCUT2D eigenvalue weighted by Crippen LogP contribution is -2.03. The summed E-state index contributed by atoms with van der Waals surface area (Å²) in [6, 6.07) is 56.7. The molecule has 56 heavy (non-hydrogen) atoms. The molecule has 8 aromatic carbocycles. The van der Waals surface area contributed by atoms with Gasteiger partial charge < -0.3 is 8.82 Å². The van der Waals surface area contributed by atoms with Crippen molar-refractivity contribution in [2.24, 2.45) is 0 Å². The highest BCUT2D eigenvalue weighted by Crippen LogP contribution is 2.48. The van der Waals surface area contributed by atoms with Gasteiger partial charge in [0, 0.05) is 58.1 Å². The van der Waals surface area contributed by atoms with Gasteiger partial charge in [0.2, 0.25) is 5.95 Å². The maximum atomic E-state index is 6.61. The highest BCUT2D eigenvalue weighted by atomic mass is 32.1. The molecule has 0 N–H and O–H groups in total. The van der Waals surface area contributed by atoms with E-state index in [-0.39, 0.29) is 0 Å². The average Bonchev–Trinajstić information content (AvgIpc) is 3.98. The molecule has 0 aliphatic rings. The van der Waals surface area contributed by atoms with Crippen LogP contribution in [-0.2, 0) is 0 Å². The molecule has 6 heterocycles. The molecule has 0 radical (unpaired) electrons. The third-order valence-electron chi connectivity index (χ3n) is 12.1. The second kappa shape index (κ2) is 10.3. The van der Waals surface area contributed by atoms with Crippen LogP contribution >= 0.6 is 11.3 Å². The lowest BCUT2D eigenvalue weighted by Gasteiger charge is -2.12. The molecule has 0 amide bonds. The van der Waals surface area contributed by atoms with E-state index in [0.717, 1.165) is 60.6 Å². The zero-order valence-electron chi connectivity index (χ0n) is 29.6. The van der Waals surface area contributed by atoms with Gasteiger partial charge in [-0.3, -0.25) is 4.57 Å². The molecule has 0 saturated carbocycles. The van der Waals surface area contributed by atoms with Gasteiger partial charge in [-0.05, 0) is 77.9 Å². The van der Waals surface area contributed by atoms with Gasteiger partial charge in [0.15, 0.2) is 0 Å². The summed E-state index contributed by atoms with van der Waals surface area (Å²) in [6.07, 6.45) is 0. The number of hydrogen-bond acceptors (Lipinski definition) is 4. The van der Waals surface area contributed by atoms with Gasteiger partial charge in [-0.2, -0.15) is 0 Å². The molecule has 14 aromatic rings. The van der Waals surface area contributed by atoms with Gasteiger partial charge in [-0.1, -0.05) is 91.0 Å². The summed E-state index contributed by atoms with van der Waals surface area (Å²) in [7, 11) is 0. The summed E-state index contributed by atoms with van der Waals surface area (Å²) in [4.78, 5) is 10.8. The van der Waals surface area contributed by atoms with Gasteiger partial charge in [-0.15, -0.1) is 11.3 Å². The molecule has 0 fully saturated rings. The Balaban J connectivity index is 1.02. The molecule has 5 nitrogen and oxygen atoms in total. The highest BCUT2D eigenvalue weighted by molar-refractivity contribution is 7.25. The van der Waals surface area contributed by atoms with Gasteiger partial charge >= 0.3 is 0 Å². The van der Waals surface area contributed by atoms with Crippen LogP contribution in [0.2, 0.25) is 0 Å². The lowest BCUT2D eigenvalue weighted by atomic mass is 9.99. The van der Waals surface area contributed by atoms with Crippen molar-refractivity contribution in [3.05, 3.63) is 158 Å². The van der Waals surface area contributed by atoms with Crippen molar-refractivity contribution < 1.29 is 4.42 Å². The quantitative estimate of drug-likeness (QED) is 0.182. The van der Waals surface area contributed by atoms with Gasteiger partial charge in [-0.25, -0.2) is 9.97 Å². The molecular formula is C50H26N4OS. The molecular weight excluding hydrogens is 705 g/mol. The third-order valence-corrected chi connectivity index (χ3v) is 13.2. The number of aromatic nitrogens is 4. The SMILES string of the molecule is c1ccc2c(-c3ccc(-c4ccc5sc6ccccc6c5c4)cc3)nc(-n3c4ccc5oc6ccc7c8ccccc8n8c9cccc3c9c4c5c6c78)nc2c1. The molecule has 0 saturated heterocycles. The molecule has 0 aliphatic carbocycles. The number of furan rings is 1. The summed E-state index contributed by atoms with van der Waals surface area (Å²) in [5, 5.41) is 10.7. The number of hydrogen-bond donors (Lipinski definition) is 0. The van der Waals surface area contributed by atoms with Crippen molar-refractivity contribution in [2.45, 2.75) is 0 Å². The molecule has 0 aliphatic heterocycles. The first-order chi connectivity index (χ1) is 27.8. The molecule has 0 atom stereocenters. The first-order valence-electron chi connectivity index (χ1n) is 18.9. The summed E-state index contributed by atoms with van der Waals surface area (Å²) in [6.45, 7) is 0. The van der Waals surface area contributed by atoms with Crippen molar-refractivity contribution in [1.29, 1.82) is 0 Å². The van der Waals surface area contributed by atoms with E-state index in [1.54, 1.807) is 0 Å². The Bertz CT molecular complexity index is 3940. The first-order valence-corrected chi connectivity index (χ1v) is 19.7. The summed E-state index contributed by atoms with van der Waals surface area (Å²) >= 11 is 1.85. The van der Waals surface area contributed by atoms with Gasteiger partial charge in [0.1, 0.15) is 11.2 Å². The fraction of sp³-hybridized carbons (Fsp3) is 0. The van der Waals surface area contributed by atoms with Crippen molar-refractivity contribution in [2.75, 3.05) is 0 Å². The Morgan fingerprint density at radius 1 is 0.429 bits per heavy atom. The minimum atomic E-state index is 0.644. The largest absolute Gasteiger partial charge is 0.456 e. The van der Waals surface area contributed by atoms with Crippen LogP contribution in [0.5, 0.6) is 0 Å². The minimum Gasteiger partial charge on any atom is -0.456 e. The second-order valence-electron chi connectivity index (χ2n) is 14.9. The van der Waals surface area contributed by atoms with E-state index in [1.807, 2.05) is 11.3 Å². The predicted molar refractivity (Wildman–Crippen MR) is 233 cm³/mol. The van der Waals surface area contributed by atoms with E-state index in [2.05, 4.69) is 167 Å². The fourth-order valence-corrected chi connectivity index (χ4v) is 10.8. The number of thiophene rings is 1. The smallest absolute Gasteiger partial charge is 0.235 e. The monoisotopic (exact) mass is 730 g/mol. The summed E-state index contributed by atoms with van der Waals surface area (Å²) in [5.74, 6) is 0.644. The Morgan fingerprint density at radius 3 is 2.05 bits per heavy atom. The van der Waals surface area contributed by atoms with Crippen LogP contribution in [0.25, 0.3) is 130 Å². The van der Waals surface area contributed by atoms with Crippen LogP contribution in [0.3, 0.4) is 0 Å².